The van der Waals surface area contributed by atoms with E-state index in [0.717, 1.165) is 5.69 Å². The van der Waals surface area contributed by atoms with Crippen molar-refractivity contribution in [2.24, 2.45) is 0 Å². The number of nitrogens with one attached hydrogen (secondary N) is 1. The number of likely N-dealkylation sites (N-methyl/N-ethyl adjacent to an activating group) is 1. The number of hydrogen-bond acceptors (Lipinski definition) is 7. The van der Waals surface area contributed by atoms with Crippen LogP contribution >= 0.6 is 11.6 Å². The maximum atomic E-state index is 15.1. The number of anilines is 4. The van der Waals surface area contributed by atoms with E-state index in [1.807, 2.05) is 6.07 Å². The van der Waals surface area contributed by atoms with Crippen molar-refractivity contribution in [2.45, 2.75) is 13.0 Å². The number of amides is 1. The molecule has 168 valence electrons. The second-order valence-electron chi connectivity index (χ2n) is 7.90. The summed E-state index contributed by atoms with van der Waals surface area (Å²) in [5.74, 6) is 0.444. The average molecular weight is 467 g/mol. The van der Waals surface area contributed by atoms with Crippen molar-refractivity contribution in [3.05, 3.63) is 53.3 Å². The maximum Gasteiger partial charge on any atom is 0.244 e. The van der Waals surface area contributed by atoms with Crippen LogP contribution in [0.5, 0.6) is 0 Å². The lowest BCUT2D eigenvalue weighted by Gasteiger charge is -2.13. The Hall–Kier alpha value is -3.92. The van der Waals surface area contributed by atoms with Crippen LogP contribution in [0.2, 0.25) is 5.02 Å². The molecule has 0 radical (unpaired) electrons. The summed E-state index contributed by atoms with van der Waals surface area (Å²) in [7, 11) is 1.78. The fraction of sp³-hybridized carbons (Fsp3) is 0.182. The molecule has 3 aromatic heterocycles. The van der Waals surface area contributed by atoms with Crippen molar-refractivity contribution in [1.82, 2.24) is 24.6 Å². The number of carbonyl (C=O) groups is 1. The Morgan fingerprint density at radius 1 is 1.12 bits per heavy atom. The molecule has 1 aromatic carbocycles. The number of carbonyl (C=O) groups excluding carboxylic acids is 1. The second kappa shape index (κ2) is 7.89. The highest BCUT2D eigenvalue weighted by molar-refractivity contribution is 6.35. The van der Waals surface area contributed by atoms with Gasteiger partial charge in [0.2, 0.25) is 5.91 Å². The first kappa shape index (κ1) is 21.0. The summed E-state index contributed by atoms with van der Waals surface area (Å²) in [5, 5.41) is 8.95. The van der Waals surface area contributed by atoms with Gasteiger partial charge in [-0.05, 0) is 17.5 Å². The number of nitrogen functional groups attached to an aromatic ring is 2. The van der Waals surface area contributed by atoms with E-state index in [-0.39, 0.29) is 34.4 Å². The van der Waals surface area contributed by atoms with Gasteiger partial charge in [-0.25, -0.2) is 9.37 Å². The third-order valence-corrected chi connectivity index (χ3v) is 6.15. The number of aromatic nitrogens is 4. The van der Waals surface area contributed by atoms with Crippen LogP contribution < -0.4 is 16.8 Å². The predicted octanol–water partition coefficient (Wildman–Crippen LogP) is 3.21. The zero-order chi connectivity index (χ0) is 23.3. The second-order valence-corrected chi connectivity index (χ2v) is 8.28. The molecule has 0 saturated heterocycles. The first-order valence-corrected chi connectivity index (χ1v) is 10.5. The first-order valence-electron chi connectivity index (χ1n) is 10.2. The smallest absolute Gasteiger partial charge is 0.244 e. The monoisotopic (exact) mass is 466 g/mol. The van der Waals surface area contributed by atoms with Gasteiger partial charge in [0.1, 0.15) is 12.4 Å². The molecule has 0 unspecified atom stereocenters. The van der Waals surface area contributed by atoms with Crippen LogP contribution in [0.4, 0.5) is 27.4 Å². The lowest BCUT2D eigenvalue weighted by atomic mass is 10.0. The fourth-order valence-corrected chi connectivity index (χ4v) is 4.05. The number of fused-ring (bicyclic) bond motifs is 2. The summed E-state index contributed by atoms with van der Waals surface area (Å²) in [4.78, 5) is 22.2. The van der Waals surface area contributed by atoms with Crippen molar-refractivity contribution in [3.8, 4) is 11.1 Å². The van der Waals surface area contributed by atoms with Crippen molar-refractivity contribution in [2.75, 3.05) is 30.4 Å². The molecule has 0 atom stereocenters. The van der Waals surface area contributed by atoms with Crippen LogP contribution in [0, 0.1) is 5.82 Å². The minimum atomic E-state index is -0.619. The molecule has 0 bridgehead atoms. The highest BCUT2D eigenvalue weighted by Crippen LogP contribution is 2.38. The first-order chi connectivity index (χ1) is 15.8. The number of rotatable bonds is 3. The minimum Gasteiger partial charge on any atom is -0.396 e. The van der Waals surface area contributed by atoms with Crippen LogP contribution in [-0.4, -0.2) is 44.1 Å². The van der Waals surface area contributed by atoms with E-state index in [2.05, 4.69) is 20.4 Å². The Balaban J connectivity index is 1.52. The largest absolute Gasteiger partial charge is 0.396 e. The molecule has 1 amide bonds. The highest BCUT2D eigenvalue weighted by Gasteiger charge is 2.20. The normalized spacial score (nSPS) is 13.8. The topological polar surface area (TPSA) is 128 Å². The number of hydrogen-bond donors (Lipinski definition) is 3. The van der Waals surface area contributed by atoms with Gasteiger partial charge in [-0.15, -0.1) is 0 Å². The summed E-state index contributed by atoms with van der Waals surface area (Å²) < 4.78 is 16.8. The van der Waals surface area contributed by atoms with Crippen molar-refractivity contribution < 1.29 is 9.18 Å². The third kappa shape index (κ3) is 3.68. The summed E-state index contributed by atoms with van der Waals surface area (Å²) in [6.07, 6.45) is 5.05. The number of halogens is 2. The predicted molar refractivity (Wildman–Crippen MR) is 126 cm³/mol. The molecule has 33 heavy (non-hydrogen) atoms. The summed E-state index contributed by atoms with van der Waals surface area (Å²) >= 11 is 6.29. The lowest BCUT2D eigenvalue weighted by molar-refractivity contribution is -0.130. The molecule has 9 nitrogen and oxygen atoms in total. The zero-order valence-corrected chi connectivity index (χ0v) is 18.4. The molecular formula is C22H20ClFN8O. The van der Waals surface area contributed by atoms with Gasteiger partial charge in [-0.2, -0.15) is 5.10 Å². The van der Waals surface area contributed by atoms with Gasteiger partial charge < -0.3 is 21.7 Å². The van der Waals surface area contributed by atoms with Crippen LogP contribution in [0.1, 0.15) is 5.69 Å². The molecule has 0 saturated carbocycles. The van der Waals surface area contributed by atoms with Gasteiger partial charge in [0.15, 0.2) is 11.6 Å². The van der Waals surface area contributed by atoms with Gasteiger partial charge in [0.05, 0.1) is 22.6 Å². The van der Waals surface area contributed by atoms with Crippen LogP contribution in [0.15, 0.2) is 36.8 Å². The Labute approximate surface area is 193 Å². The number of benzene rings is 1. The van der Waals surface area contributed by atoms with E-state index in [1.165, 1.54) is 18.6 Å². The minimum absolute atomic E-state index is 0.00645. The van der Waals surface area contributed by atoms with Crippen LogP contribution in [0.3, 0.4) is 0 Å². The summed E-state index contributed by atoms with van der Waals surface area (Å²) in [6.45, 7) is 0.820. The molecule has 0 spiro atoms. The van der Waals surface area contributed by atoms with Crippen molar-refractivity contribution in [1.29, 1.82) is 0 Å². The Bertz CT molecular complexity index is 1420. The highest BCUT2D eigenvalue weighted by atomic mass is 35.5. The molecule has 5 N–H and O–H groups in total. The molecule has 1 aliphatic rings. The molecule has 4 heterocycles. The van der Waals surface area contributed by atoms with Crippen LogP contribution in [0.25, 0.3) is 21.9 Å². The number of nitrogens with zero attached hydrogens (tertiary/aromatic N) is 5. The van der Waals surface area contributed by atoms with Gasteiger partial charge >= 0.3 is 0 Å². The van der Waals surface area contributed by atoms with E-state index in [9.17, 15) is 4.79 Å². The summed E-state index contributed by atoms with van der Waals surface area (Å²) in [6, 6.07) is 5.26. The molecular weight excluding hydrogens is 447 g/mol. The Kier molecular flexibility index (Phi) is 5.01. The molecule has 4 aromatic rings. The maximum absolute atomic E-state index is 15.1. The van der Waals surface area contributed by atoms with E-state index in [4.69, 9.17) is 23.1 Å². The van der Waals surface area contributed by atoms with E-state index in [0.29, 0.717) is 40.9 Å². The quantitative estimate of drug-likeness (QED) is 0.395. The molecule has 5 rings (SSSR count). The standard InChI is InChI=1S/C22H20ClFN8O/c1-31-3-2-12-6-18(30-32(12)10-19(31)33)29-17-5-11-4-13(15-7-27-9-16(25)20(15)23)21(24)22(26)14(11)8-28-17/h4-9H,2-3,10,25-26H2,1H3,(H,28,29,30). The number of nitrogens with two attached hydrogens (primary N) is 2. The molecule has 0 fully saturated rings. The molecule has 1 aliphatic heterocycles. The van der Waals surface area contributed by atoms with E-state index >= 15 is 4.39 Å². The Morgan fingerprint density at radius 2 is 1.94 bits per heavy atom. The summed E-state index contributed by atoms with van der Waals surface area (Å²) in [5.41, 5.74) is 13.6. The third-order valence-electron chi connectivity index (χ3n) is 5.73. The SMILES string of the molecule is CN1CCc2cc(Nc3cc4cc(-c5cncc(N)c5Cl)c(F)c(N)c4cn3)nn2CC1=O. The van der Waals surface area contributed by atoms with Crippen molar-refractivity contribution >= 4 is 51.3 Å². The molecule has 0 aliphatic carbocycles. The van der Waals surface area contributed by atoms with Gasteiger partial charge in [-0.3, -0.25) is 14.5 Å². The van der Waals surface area contributed by atoms with E-state index < -0.39 is 5.82 Å². The number of pyridine rings is 2. The van der Waals surface area contributed by atoms with Gasteiger partial charge in [0.25, 0.3) is 0 Å². The van der Waals surface area contributed by atoms with Crippen molar-refractivity contribution in [3.63, 3.8) is 0 Å². The van der Waals surface area contributed by atoms with E-state index in [1.54, 1.807) is 28.8 Å². The van der Waals surface area contributed by atoms with Gasteiger partial charge in [-0.1, -0.05) is 11.6 Å². The average Bonchev–Trinajstić information content (AvgIpc) is 3.11. The lowest BCUT2D eigenvalue weighted by Crippen LogP contribution is -2.29. The Morgan fingerprint density at radius 3 is 2.76 bits per heavy atom. The van der Waals surface area contributed by atoms with Crippen LogP contribution in [-0.2, 0) is 17.8 Å². The zero-order valence-electron chi connectivity index (χ0n) is 17.6. The fourth-order valence-electron chi connectivity index (χ4n) is 3.85. The van der Waals surface area contributed by atoms with Gasteiger partial charge in [0, 0.05) is 60.7 Å². The molecule has 11 heteroatoms.